The minimum atomic E-state index is -0.0966. The van der Waals surface area contributed by atoms with E-state index in [2.05, 4.69) is 37.3 Å². The number of carbonyl (C=O) groups excluding carboxylic acids is 1. The first-order valence-corrected chi connectivity index (χ1v) is 6.62. The first kappa shape index (κ1) is 13.7. The molecule has 0 spiro atoms. The molecule has 1 aromatic heterocycles. The van der Waals surface area contributed by atoms with Crippen LogP contribution < -0.4 is 5.43 Å². The van der Waals surface area contributed by atoms with Crippen LogP contribution in [0.2, 0.25) is 0 Å². The highest BCUT2D eigenvalue weighted by molar-refractivity contribution is 5.93. The molecule has 2 heterocycles. The van der Waals surface area contributed by atoms with Gasteiger partial charge in [-0.05, 0) is 24.0 Å². The molecule has 1 N–H and O–H groups in total. The second kappa shape index (κ2) is 5.53. The molecule has 2 rings (SSSR count). The third-order valence-electron chi connectivity index (χ3n) is 3.36. The fraction of sp³-hybridized carbons (Fsp3) is 0.467. The smallest absolute Gasteiger partial charge is 0.267 e. The third kappa shape index (κ3) is 3.64. The number of nitrogens with zero attached hydrogens (tertiary/aromatic N) is 2. The van der Waals surface area contributed by atoms with Gasteiger partial charge in [0.1, 0.15) is 0 Å². The summed E-state index contributed by atoms with van der Waals surface area (Å²) in [6, 6.07) is 3.53. The molecule has 1 aromatic rings. The van der Waals surface area contributed by atoms with Crippen LogP contribution in [-0.4, -0.2) is 29.0 Å². The van der Waals surface area contributed by atoms with Crippen LogP contribution in [0.25, 0.3) is 0 Å². The number of pyridine rings is 1. The van der Waals surface area contributed by atoms with Crippen molar-refractivity contribution in [3.8, 4) is 0 Å². The average Bonchev–Trinajstić information content (AvgIpc) is 2.39. The molecular weight excluding hydrogens is 238 g/mol. The van der Waals surface area contributed by atoms with Gasteiger partial charge in [0.2, 0.25) is 0 Å². The van der Waals surface area contributed by atoms with E-state index in [0.29, 0.717) is 5.56 Å². The Morgan fingerprint density at radius 1 is 1.42 bits per heavy atom. The maximum atomic E-state index is 12.0. The van der Waals surface area contributed by atoms with E-state index in [4.69, 9.17) is 0 Å². The molecule has 102 valence electrons. The van der Waals surface area contributed by atoms with Crippen molar-refractivity contribution in [1.82, 2.24) is 15.4 Å². The van der Waals surface area contributed by atoms with E-state index in [1.54, 1.807) is 24.5 Å². The molecule has 1 aliphatic heterocycles. The molecule has 0 atom stereocenters. The van der Waals surface area contributed by atoms with Crippen LogP contribution >= 0.6 is 0 Å². The van der Waals surface area contributed by atoms with Gasteiger partial charge in [-0.2, -0.15) is 0 Å². The van der Waals surface area contributed by atoms with Crippen molar-refractivity contribution >= 4 is 5.91 Å². The lowest BCUT2D eigenvalue weighted by Crippen LogP contribution is -2.45. The lowest BCUT2D eigenvalue weighted by Gasteiger charge is -2.32. The van der Waals surface area contributed by atoms with Crippen molar-refractivity contribution in [2.45, 2.75) is 27.2 Å². The van der Waals surface area contributed by atoms with Gasteiger partial charge in [0.15, 0.2) is 0 Å². The zero-order valence-electron chi connectivity index (χ0n) is 11.8. The third-order valence-corrected chi connectivity index (χ3v) is 3.36. The fourth-order valence-corrected chi connectivity index (χ4v) is 2.16. The Hall–Kier alpha value is -1.68. The number of nitrogens with one attached hydrogen (secondary N) is 1. The van der Waals surface area contributed by atoms with Crippen molar-refractivity contribution in [2.75, 3.05) is 13.1 Å². The van der Waals surface area contributed by atoms with E-state index < -0.39 is 0 Å². The van der Waals surface area contributed by atoms with Crippen molar-refractivity contribution in [3.63, 3.8) is 0 Å². The summed E-state index contributed by atoms with van der Waals surface area (Å²) in [5, 5.41) is 1.95. The first-order valence-electron chi connectivity index (χ1n) is 6.62. The summed E-state index contributed by atoms with van der Waals surface area (Å²) in [7, 11) is 0. The van der Waals surface area contributed by atoms with E-state index in [1.807, 2.05) is 5.01 Å². The zero-order valence-corrected chi connectivity index (χ0v) is 11.8. The molecule has 19 heavy (non-hydrogen) atoms. The van der Waals surface area contributed by atoms with E-state index in [1.165, 1.54) is 5.57 Å². The highest BCUT2D eigenvalue weighted by atomic mass is 16.2. The van der Waals surface area contributed by atoms with E-state index in [0.717, 1.165) is 19.5 Å². The highest BCUT2D eigenvalue weighted by Crippen LogP contribution is 2.29. The molecule has 0 radical (unpaired) electrons. The summed E-state index contributed by atoms with van der Waals surface area (Å²) in [6.45, 7) is 8.29. The summed E-state index contributed by atoms with van der Waals surface area (Å²) < 4.78 is 0. The number of rotatable bonds is 2. The van der Waals surface area contributed by atoms with Gasteiger partial charge in [-0.3, -0.25) is 15.2 Å². The summed E-state index contributed by atoms with van der Waals surface area (Å²) in [4.78, 5) is 15.9. The summed E-state index contributed by atoms with van der Waals surface area (Å²) in [5.41, 5.74) is 5.19. The number of hydrogen-bond donors (Lipinski definition) is 1. The fourth-order valence-electron chi connectivity index (χ4n) is 2.16. The van der Waals surface area contributed by atoms with Crippen LogP contribution in [0.4, 0.5) is 0 Å². The normalized spacial score (nSPS) is 16.9. The van der Waals surface area contributed by atoms with E-state index in [-0.39, 0.29) is 11.3 Å². The molecule has 1 aliphatic rings. The number of carbonyl (C=O) groups is 1. The predicted octanol–water partition coefficient (Wildman–Crippen LogP) is 2.40. The minimum absolute atomic E-state index is 0.0966. The molecule has 4 heteroatoms. The van der Waals surface area contributed by atoms with Crippen LogP contribution in [0.3, 0.4) is 0 Å². The van der Waals surface area contributed by atoms with E-state index in [9.17, 15) is 4.79 Å². The second-order valence-electron chi connectivity index (χ2n) is 5.86. The summed E-state index contributed by atoms with van der Waals surface area (Å²) in [6.07, 6.45) is 6.45. The van der Waals surface area contributed by atoms with E-state index >= 15 is 0 Å². The Morgan fingerprint density at radius 2 is 2.21 bits per heavy atom. The molecule has 0 fully saturated rings. The minimum Gasteiger partial charge on any atom is -0.284 e. The van der Waals surface area contributed by atoms with Gasteiger partial charge in [0.25, 0.3) is 5.91 Å². The maximum absolute atomic E-state index is 12.0. The number of amides is 1. The zero-order chi connectivity index (χ0) is 13.9. The van der Waals surface area contributed by atoms with Crippen molar-refractivity contribution in [2.24, 2.45) is 5.41 Å². The first-order chi connectivity index (χ1) is 8.97. The SMILES string of the molecule is CC(C)(C)C1=CCN(NC(=O)c2cccnc2)CC1. The van der Waals surface area contributed by atoms with Gasteiger partial charge in [0, 0.05) is 25.5 Å². The van der Waals surface area contributed by atoms with Gasteiger partial charge >= 0.3 is 0 Å². The molecule has 1 amide bonds. The Bertz CT molecular complexity index is 474. The molecule has 0 bridgehead atoms. The quantitative estimate of drug-likeness (QED) is 0.830. The van der Waals surface area contributed by atoms with Crippen molar-refractivity contribution in [3.05, 3.63) is 41.7 Å². The number of hydrogen-bond acceptors (Lipinski definition) is 3. The molecule has 4 nitrogen and oxygen atoms in total. The van der Waals surface area contributed by atoms with Crippen LogP contribution in [0.15, 0.2) is 36.2 Å². The van der Waals surface area contributed by atoms with Crippen molar-refractivity contribution in [1.29, 1.82) is 0 Å². The van der Waals surface area contributed by atoms with Crippen LogP contribution in [0.1, 0.15) is 37.6 Å². The highest BCUT2D eigenvalue weighted by Gasteiger charge is 2.22. The summed E-state index contributed by atoms with van der Waals surface area (Å²) >= 11 is 0. The Kier molecular flexibility index (Phi) is 4.00. The molecular formula is C15H21N3O. The Balaban J connectivity index is 1.93. The van der Waals surface area contributed by atoms with Gasteiger partial charge in [0.05, 0.1) is 5.56 Å². The number of aromatic nitrogens is 1. The van der Waals surface area contributed by atoms with Crippen LogP contribution in [0.5, 0.6) is 0 Å². The van der Waals surface area contributed by atoms with Gasteiger partial charge < -0.3 is 0 Å². The molecule has 0 aromatic carbocycles. The predicted molar refractivity (Wildman–Crippen MR) is 75.4 cm³/mol. The molecule has 0 aliphatic carbocycles. The summed E-state index contributed by atoms with van der Waals surface area (Å²) in [5.74, 6) is -0.0966. The second-order valence-corrected chi connectivity index (χ2v) is 5.86. The van der Waals surface area contributed by atoms with Crippen LogP contribution in [0, 0.1) is 5.41 Å². The van der Waals surface area contributed by atoms with Gasteiger partial charge in [-0.1, -0.05) is 32.4 Å². The standard InChI is InChI=1S/C15H21N3O/c1-15(2,3)13-6-9-18(10-7-13)17-14(19)12-5-4-8-16-11-12/h4-6,8,11H,7,9-10H2,1-3H3,(H,17,19). The lowest BCUT2D eigenvalue weighted by molar-refractivity contribution is 0.0798. The topological polar surface area (TPSA) is 45.2 Å². The average molecular weight is 259 g/mol. The Morgan fingerprint density at radius 3 is 2.74 bits per heavy atom. The van der Waals surface area contributed by atoms with Gasteiger partial charge in [-0.15, -0.1) is 0 Å². The number of hydrazine groups is 1. The lowest BCUT2D eigenvalue weighted by atomic mass is 9.83. The Labute approximate surface area is 114 Å². The van der Waals surface area contributed by atoms with Gasteiger partial charge in [-0.25, -0.2) is 5.01 Å². The maximum Gasteiger partial charge on any atom is 0.267 e. The molecule has 0 unspecified atom stereocenters. The molecule has 0 saturated carbocycles. The largest absolute Gasteiger partial charge is 0.284 e. The molecule has 0 saturated heterocycles. The van der Waals surface area contributed by atoms with Crippen molar-refractivity contribution < 1.29 is 4.79 Å². The van der Waals surface area contributed by atoms with Crippen LogP contribution in [-0.2, 0) is 0 Å². The monoisotopic (exact) mass is 259 g/mol.